The molecule has 0 aromatic heterocycles. The van der Waals surface area contributed by atoms with Crippen LogP contribution < -0.4 is 14.8 Å². The molecule has 1 heterocycles. The molecule has 1 N–H and O–H groups in total. The average Bonchev–Trinajstić information content (AvgIpc) is 2.96. The highest BCUT2D eigenvalue weighted by Crippen LogP contribution is 2.34. The van der Waals surface area contributed by atoms with E-state index in [1.165, 1.54) is 14.2 Å². The fourth-order valence-electron chi connectivity index (χ4n) is 2.68. The van der Waals surface area contributed by atoms with E-state index in [0.29, 0.717) is 22.7 Å². The molecule has 29 heavy (non-hydrogen) atoms. The Balaban J connectivity index is 1.75. The summed E-state index contributed by atoms with van der Waals surface area (Å²) in [5, 5.41) is 2.15. The molecule has 0 unspecified atom stereocenters. The molecule has 0 spiro atoms. The summed E-state index contributed by atoms with van der Waals surface area (Å²) in [5.74, 6) is 0.0147. The molecule has 2 aromatic rings. The lowest BCUT2D eigenvalue weighted by Gasteiger charge is -2.14. The van der Waals surface area contributed by atoms with Gasteiger partial charge in [-0.25, -0.2) is 0 Å². The molecule has 3 rings (SSSR count). The second kappa shape index (κ2) is 9.15. The van der Waals surface area contributed by atoms with Crippen molar-refractivity contribution in [1.29, 1.82) is 0 Å². The summed E-state index contributed by atoms with van der Waals surface area (Å²) < 4.78 is 11.3. The quantitative estimate of drug-likeness (QED) is 0.630. The largest absolute Gasteiger partial charge is 0.496 e. The molecule has 0 aliphatic carbocycles. The Hall–Kier alpha value is -2.78. The number of ether oxygens (including phenoxy) is 2. The number of hydrogen-bond acceptors (Lipinski definition) is 6. The van der Waals surface area contributed by atoms with Crippen LogP contribution in [0.1, 0.15) is 5.56 Å². The second-order valence-electron chi connectivity index (χ2n) is 5.90. The fraction of sp³-hybridized carbons (Fsp3) is 0.150. The third-order valence-corrected chi connectivity index (χ3v) is 5.44. The smallest absolute Gasteiger partial charge is 0.294 e. The molecular formula is C20H17BrN2O5S. The van der Waals surface area contributed by atoms with Crippen LogP contribution in [0, 0.1) is 0 Å². The van der Waals surface area contributed by atoms with Crippen LogP contribution in [0.5, 0.6) is 11.5 Å². The summed E-state index contributed by atoms with van der Waals surface area (Å²) in [5.41, 5.74) is 1.10. The van der Waals surface area contributed by atoms with Gasteiger partial charge in [-0.2, -0.15) is 0 Å². The number of nitrogens with one attached hydrogen (secondary N) is 1. The molecule has 9 heteroatoms. The van der Waals surface area contributed by atoms with E-state index in [1.807, 2.05) is 6.07 Å². The molecule has 0 bridgehead atoms. The van der Waals surface area contributed by atoms with Crippen molar-refractivity contribution < 1.29 is 23.9 Å². The lowest BCUT2D eigenvalue weighted by atomic mass is 10.2. The SMILES string of the molecule is COc1ccc(Br)cc1/C=C1/SC(=O)N(CC(=O)Nc2ccccc2OC)C1=O. The number of anilines is 1. The first-order chi connectivity index (χ1) is 13.9. The highest BCUT2D eigenvalue weighted by molar-refractivity contribution is 9.10. The Bertz CT molecular complexity index is 1010. The number of carbonyl (C=O) groups excluding carboxylic acids is 3. The molecule has 0 saturated carbocycles. The van der Waals surface area contributed by atoms with E-state index in [1.54, 1.807) is 42.5 Å². The van der Waals surface area contributed by atoms with E-state index >= 15 is 0 Å². The van der Waals surface area contributed by atoms with Gasteiger partial charge in [0.1, 0.15) is 18.0 Å². The maximum absolute atomic E-state index is 12.7. The summed E-state index contributed by atoms with van der Waals surface area (Å²) in [6.07, 6.45) is 1.58. The molecule has 1 aliphatic heterocycles. The zero-order valence-corrected chi connectivity index (χ0v) is 18.0. The second-order valence-corrected chi connectivity index (χ2v) is 7.81. The lowest BCUT2D eigenvalue weighted by Crippen LogP contribution is -2.36. The summed E-state index contributed by atoms with van der Waals surface area (Å²) in [7, 11) is 3.01. The standard InChI is InChI=1S/C20H17BrN2O5S/c1-27-15-8-7-13(21)9-12(15)10-17-19(25)23(20(26)29-17)11-18(24)22-14-5-3-4-6-16(14)28-2/h3-10H,11H2,1-2H3,(H,22,24)/b17-10+. The Labute approximate surface area is 180 Å². The van der Waals surface area contributed by atoms with Crippen LogP contribution in [0.3, 0.4) is 0 Å². The van der Waals surface area contributed by atoms with E-state index < -0.39 is 23.6 Å². The zero-order chi connectivity index (χ0) is 21.0. The first-order valence-corrected chi connectivity index (χ1v) is 10.1. The van der Waals surface area contributed by atoms with E-state index in [4.69, 9.17) is 9.47 Å². The third-order valence-electron chi connectivity index (χ3n) is 4.03. The molecule has 1 aliphatic rings. The van der Waals surface area contributed by atoms with E-state index in [0.717, 1.165) is 21.1 Å². The summed E-state index contributed by atoms with van der Waals surface area (Å²) in [6.45, 7) is -0.393. The van der Waals surface area contributed by atoms with Crippen LogP contribution in [0.4, 0.5) is 10.5 Å². The predicted molar refractivity (Wildman–Crippen MR) is 115 cm³/mol. The van der Waals surface area contributed by atoms with Gasteiger partial charge in [0.25, 0.3) is 11.1 Å². The predicted octanol–water partition coefficient (Wildman–Crippen LogP) is 4.14. The maximum atomic E-state index is 12.7. The van der Waals surface area contributed by atoms with Gasteiger partial charge < -0.3 is 14.8 Å². The number of thioether (sulfide) groups is 1. The molecule has 7 nitrogen and oxygen atoms in total. The van der Waals surface area contributed by atoms with Gasteiger partial charge in [-0.05, 0) is 48.2 Å². The van der Waals surface area contributed by atoms with Gasteiger partial charge in [-0.15, -0.1) is 0 Å². The minimum absolute atomic E-state index is 0.219. The van der Waals surface area contributed by atoms with Crippen LogP contribution in [0.2, 0.25) is 0 Å². The summed E-state index contributed by atoms with van der Waals surface area (Å²) in [4.78, 5) is 38.5. The zero-order valence-electron chi connectivity index (χ0n) is 15.6. The molecule has 0 atom stereocenters. The van der Waals surface area contributed by atoms with E-state index in [9.17, 15) is 14.4 Å². The van der Waals surface area contributed by atoms with Crippen molar-refractivity contribution in [2.24, 2.45) is 0 Å². The number of imide groups is 1. The Kier molecular flexibility index (Phi) is 6.60. The fourth-order valence-corrected chi connectivity index (χ4v) is 3.88. The number of carbonyl (C=O) groups is 3. The van der Waals surface area contributed by atoms with E-state index in [2.05, 4.69) is 21.2 Å². The van der Waals surface area contributed by atoms with Crippen LogP contribution in [-0.4, -0.2) is 42.7 Å². The highest BCUT2D eigenvalue weighted by atomic mass is 79.9. The number of methoxy groups -OCH3 is 2. The minimum Gasteiger partial charge on any atom is -0.496 e. The van der Waals surface area contributed by atoms with Gasteiger partial charge in [0, 0.05) is 10.0 Å². The van der Waals surface area contributed by atoms with Gasteiger partial charge in [-0.1, -0.05) is 28.1 Å². The Morgan fingerprint density at radius 3 is 2.59 bits per heavy atom. The molecule has 3 amide bonds. The number of benzene rings is 2. The highest BCUT2D eigenvalue weighted by Gasteiger charge is 2.36. The van der Waals surface area contributed by atoms with Gasteiger partial charge in [0.15, 0.2) is 0 Å². The Morgan fingerprint density at radius 2 is 1.86 bits per heavy atom. The van der Waals surface area contributed by atoms with Crippen LogP contribution in [0.25, 0.3) is 6.08 Å². The number of halogens is 1. The normalized spacial score (nSPS) is 15.0. The molecule has 2 aromatic carbocycles. The van der Waals surface area contributed by atoms with Crippen molar-refractivity contribution in [2.45, 2.75) is 0 Å². The van der Waals surface area contributed by atoms with Crippen molar-refractivity contribution in [3.05, 3.63) is 57.4 Å². The van der Waals surface area contributed by atoms with Crippen LogP contribution in [-0.2, 0) is 9.59 Å². The third kappa shape index (κ3) is 4.80. The van der Waals surface area contributed by atoms with Crippen LogP contribution in [0.15, 0.2) is 51.8 Å². The topological polar surface area (TPSA) is 84.9 Å². The monoisotopic (exact) mass is 476 g/mol. The molecule has 0 radical (unpaired) electrons. The molecule has 150 valence electrons. The van der Waals surface area contributed by atoms with Crippen molar-refractivity contribution in [1.82, 2.24) is 4.90 Å². The van der Waals surface area contributed by atoms with Crippen LogP contribution >= 0.6 is 27.7 Å². The number of hydrogen-bond donors (Lipinski definition) is 1. The van der Waals surface area contributed by atoms with Gasteiger partial charge >= 0.3 is 0 Å². The molecule has 1 saturated heterocycles. The summed E-state index contributed by atoms with van der Waals surface area (Å²) in [6, 6.07) is 12.2. The van der Waals surface area contributed by atoms with Crippen molar-refractivity contribution >= 4 is 56.5 Å². The van der Waals surface area contributed by atoms with Crippen molar-refractivity contribution in [3.63, 3.8) is 0 Å². The van der Waals surface area contributed by atoms with Gasteiger partial charge in [0.05, 0.1) is 24.8 Å². The Morgan fingerprint density at radius 1 is 1.14 bits per heavy atom. The molecule has 1 fully saturated rings. The maximum Gasteiger partial charge on any atom is 0.294 e. The lowest BCUT2D eigenvalue weighted by molar-refractivity contribution is -0.127. The molecular weight excluding hydrogens is 460 g/mol. The number of nitrogens with zero attached hydrogens (tertiary/aromatic N) is 1. The number of amides is 3. The first kappa shape index (κ1) is 20.9. The van der Waals surface area contributed by atoms with E-state index in [-0.39, 0.29) is 4.91 Å². The van der Waals surface area contributed by atoms with Crippen molar-refractivity contribution in [3.8, 4) is 11.5 Å². The minimum atomic E-state index is -0.530. The summed E-state index contributed by atoms with van der Waals surface area (Å²) >= 11 is 4.15. The first-order valence-electron chi connectivity index (χ1n) is 8.44. The number of para-hydroxylation sites is 2. The van der Waals surface area contributed by atoms with Crippen molar-refractivity contribution in [2.75, 3.05) is 26.1 Å². The average molecular weight is 477 g/mol. The van der Waals surface area contributed by atoms with Gasteiger partial charge in [0.2, 0.25) is 5.91 Å². The number of rotatable bonds is 6. The van der Waals surface area contributed by atoms with Gasteiger partial charge in [-0.3, -0.25) is 19.3 Å².